The van der Waals surface area contributed by atoms with Gasteiger partial charge in [0.2, 0.25) is 5.91 Å². The third-order valence-corrected chi connectivity index (χ3v) is 5.56. The van der Waals surface area contributed by atoms with Gasteiger partial charge in [-0.1, -0.05) is 23.9 Å². The van der Waals surface area contributed by atoms with Gasteiger partial charge in [0.05, 0.1) is 18.6 Å². The minimum Gasteiger partial charge on any atom is -0.325 e. The quantitative estimate of drug-likeness (QED) is 0.878. The maximum absolute atomic E-state index is 12.3. The van der Waals surface area contributed by atoms with Crippen molar-refractivity contribution < 1.29 is 4.79 Å². The molecule has 27 heavy (non-hydrogen) atoms. The molecule has 1 aromatic carbocycles. The normalized spacial score (nSPS) is 15.4. The average molecular weight is 381 g/mol. The molecule has 0 saturated heterocycles. The van der Waals surface area contributed by atoms with Crippen LogP contribution in [0.5, 0.6) is 0 Å². The van der Waals surface area contributed by atoms with E-state index in [2.05, 4.69) is 25.6 Å². The van der Waals surface area contributed by atoms with Crippen LogP contribution in [-0.4, -0.2) is 38.6 Å². The van der Waals surface area contributed by atoms with E-state index >= 15 is 0 Å². The number of benzene rings is 1. The molecule has 3 heterocycles. The number of nitrogens with zero attached hydrogens (tertiary/aromatic N) is 4. The van der Waals surface area contributed by atoms with Crippen LogP contribution in [0.4, 0.5) is 5.69 Å². The molecule has 8 heteroatoms. The number of anilines is 1. The summed E-state index contributed by atoms with van der Waals surface area (Å²) in [5.74, 6) is -0.264. The van der Waals surface area contributed by atoms with Crippen molar-refractivity contribution in [3.05, 3.63) is 63.2 Å². The van der Waals surface area contributed by atoms with Crippen LogP contribution in [0.15, 0.2) is 45.8 Å². The molecule has 0 unspecified atom stereocenters. The minimum atomic E-state index is -0.264. The monoisotopic (exact) mass is 381 g/mol. The Balaban J connectivity index is 1.43. The van der Waals surface area contributed by atoms with E-state index in [-0.39, 0.29) is 18.0 Å². The summed E-state index contributed by atoms with van der Waals surface area (Å²) in [5.41, 5.74) is 3.96. The first kappa shape index (κ1) is 17.5. The number of thioether (sulfide) groups is 1. The number of aromatic nitrogens is 2. The number of rotatable bonds is 4. The maximum atomic E-state index is 12.3. The maximum Gasteiger partial charge on any atom is 0.256 e. The molecule has 0 radical (unpaired) electrons. The molecular formula is C19H19N5O2S. The zero-order valence-corrected chi connectivity index (χ0v) is 15.9. The summed E-state index contributed by atoms with van der Waals surface area (Å²) in [4.78, 5) is 35.3. The van der Waals surface area contributed by atoms with Crippen molar-refractivity contribution in [3.8, 4) is 0 Å². The first-order valence-electron chi connectivity index (χ1n) is 8.64. The SMILES string of the molecule is Cc1ncn(CC(=O)Nc2ccc(C3=CSC4=NCCN34)cc2)c(=O)c1C. The predicted octanol–water partition coefficient (Wildman–Crippen LogP) is 2.22. The Morgan fingerprint density at radius 3 is 2.81 bits per heavy atom. The Morgan fingerprint density at radius 1 is 1.26 bits per heavy atom. The highest BCUT2D eigenvalue weighted by atomic mass is 32.2. The second kappa shape index (κ2) is 7.03. The molecule has 7 nitrogen and oxygen atoms in total. The summed E-state index contributed by atoms with van der Waals surface area (Å²) in [6.07, 6.45) is 1.41. The molecule has 2 aliphatic heterocycles. The van der Waals surface area contributed by atoms with E-state index in [9.17, 15) is 9.59 Å². The summed E-state index contributed by atoms with van der Waals surface area (Å²) in [7, 11) is 0. The lowest BCUT2D eigenvalue weighted by atomic mass is 10.1. The first-order chi connectivity index (χ1) is 13.0. The Morgan fingerprint density at radius 2 is 2.04 bits per heavy atom. The molecule has 1 amide bonds. The number of carbonyl (C=O) groups is 1. The van der Waals surface area contributed by atoms with Gasteiger partial charge in [0.25, 0.3) is 5.56 Å². The molecule has 0 saturated carbocycles. The topological polar surface area (TPSA) is 79.6 Å². The molecule has 1 N–H and O–H groups in total. The molecule has 138 valence electrons. The van der Waals surface area contributed by atoms with E-state index in [4.69, 9.17) is 0 Å². The number of carbonyl (C=O) groups excluding carboxylic acids is 1. The number of aryl methyl sites for hydroxylation is 1. The van der Waals surface area contributed by atoms with E-state index < -0.39 is 0 Å². The van der Waals surface area contributed by atoms with Crippen LogP contribution >= 0.6 is 11.8 Å². The molecule has 0 aliphatic carbocycles. The zero-order chi connectivity index (χ0) is 19.0. The summed E-state index contributed by atoms with van der Waals surface area (Å²) in [6, 6.07) is 7.69. The number of nitrogens with one attached hydrogen (secondary N) is 1. The van der Waals surface area contributed by atoms with E-state index in [0.29, 0.717) is 16.9 Å². The van der Waals surface area contributed by atoms with Gasteiger partial charge in [-0.25, -0.2) is 4.98 Å². The molecule has 0 bridgehead atoms. The van der Waals surface area contributed by atoms with Crippen molar-refractivity contribution >= 4 is 34.2 Å². The molecule has 4 rings (SSSR count). The van der Waals surface area contributed by atoms with E-state index in [1.54, 1.807) is 25.6 Å². The molecular weight excluding hydrogens is 362 g/mol. The number of hydrogen-bond acceptors (Lipinski definition) is 6. The third kappa shape index (κ3) is 3.40. The highest BCUT2D eigenvalue weighted by molar-refractivity contribution is 8.16. The predicted molar refractivity (Wildman–Crippen MR) is 108 cm³/mol. The Hall–Kier alpha value is -2.87. The van der Waals surface area contributed by atoms with Gasteiger partial charge >= 0.3 is 0 Å². The number of amides is 1. The lowest BCUT2D eigenvalue weighted by Gasteiger charge is -2.17. The summed E-state index contributed by atoms with van der Waals surface area (Å²) < 4.78 is 1.32. The van der Waals surface area contributed by atoms with Crippen molar-refractivity contribution in [1.82, 2.24) is 14.5 Å². The fraction of sp³-hybridized carbons (Fsp3) is 0.263. The van der Waals surface area contributed by atoms with Crippen molar-refractivity contribution in [2.45, 2.75) is 20.4 Å². The van der Waals surface area contributed by atoms with Gasteiger partial charge in [-0.05, 0) is 31.5 Å². The highest BCUT2D eigenvalue weighted by Gasteiger charge is 2.26. The lowest BCUT2D eigenvalue weighted by Crippen LogP contribution is -2.29. The van der Waals surface area contributed by atoms with Crippen molar-refractivity contribution in [2.75, 3.05) is 18.4 Å². The van der Waals surface area contributed by atoms with Crippen LogP contribution in [0.1, 0.15) is 16.8 Å². The van der Waals surface area contributed by atoms with Crippen LogP contribution in [0, 0.1) is 13.8 Å². The number of amidine groups is 1. The van der Waals surface area contributed by atoms with Gasteiger partial charge in [0.15, 0.2) is 5.17 Å². The largest absolute Gasteiger partial charge is 0.325 e. The summed E-state index contributed by atoms with van der Waals surface area (Å²) in [5, 5.41) is 5.98. The minimum absolute atomic E-state index is 0.0654. The average Bonchev–Trinajstić information content (AvgIpc) is 3.27. The van der Waals surface area contributed by atoms with Gasteiger partial charge < -0.3 is 10.2 Å². The summed E-state index contributed by atoms with van der Waals surface area (Å²) >= 11 is 1.64. The van der Waals surface area contributed by atoms with E-state index in [0.717, 1.165) is 29.5 Å². The zero-order valence-electron chi connectivity index (χ0n) is 15.1. The molecule has 0 fully saturated rings. The van der Waals surface area contributed by atoms with Gasteiger partial charge in [-0.2, -0.15) is 0 Å². The third-order valence-electron chi connectivity index (χ3n) is 4.66. The fourth-order valence-electron chi connectivity index (χ4n) is 3.01. The van der Waals surface area contributed by atoms with Crippen LogP contribution in [0.25, 0.3) is 5.70 Å². The molecule has 0 atom stereocenters. The van der Waals surface area contributed by atoms with Gasteiger partial charge in [0.1, 0.15) is 6.54 Å². The number of fused-ring (bicyclic) bond motifs is 1. The first-order valence-corrected chi connectivity index (χ1v) is 9.52. The second-order valence-corrected chi connectivity index (χ2v) is 7.29. The van der Waals surface area contributed by atoms with Crippen LogP contribution < -0.4 is 10.9 Å². The van der Waals surface area contributed by atoms with Gasteiger partial charge in [-0.3, -0.25) is 19.1 Å². The van der Waals surface area contributed by atoms with Crippen molar-refractivity contribution in [3.63, 3.8) is 0 Å². The van der Waals surface area contributed by atoms with E-state index in [1.165, 1.54) is 10.9 Å². The number of hydrogen-bond donors (Lipinski definition) is 1. The Bertz CT molecular complexity index is 1020. The Kier molecular flexibility index (Phi) is 4.57. The van der Waals surface area contributed by atoms with Crippen molar-refractivity contribution in [1.29, 1.82) is 0 Å². The number of aliphatic imine (C=N–C) groups is 1. The van der Waals surface area contributed by atoms with Crippen molar-refractivity contribution in [2.24, 2.45) is 4.99 Å². The smallest absolute Gasteiger partial charge is 0.256 e. The second-order valence-electron chi connectivity index (χ2n) is 6.45. The van der Waals surface area contributed by atoms with Gasteiger partial charge in [0, 0.05) is 28.9 Å². The molecule has 2 aromatic rings. The molecule has 0 spiro atoms. The van der Waals surface area contributed by atoms with Crippen LogP contribution in [-0.2, 0) is 11.3 Å². The van der Waals surface area contributed by atoms with Crippen LogP contribution in [0.2, 0.25) is 0 Å². The molecule has 1 aromatic heterocycles. The van der Waals surface area contributed by atoms with E-state index in [1.807, 2.05) is 24.3 Å². The standard InChI is InChI=1S/C19H19N5O2S/c1-12-13(2)21-11-23(18(12)26)9-17(25)22-15-5-3-14(4-6-15)16-10-27-19-20-7-8-24(16)19/h3-6,10-11H,7-9H2,1-2H3,(H,22,25). The lowest BCUT2D eigenvalue weighted by molar-refractivity contribution is -0.116. The van der Waals surface area contributed by atoms with Crippen LogP contribution in [0.3, 0.4) is 0 Å². The fourth-order valence-corrected chi connectivity index (χ4v) is 3.98. The highest BCUT2D eigenvalue weighted by Crippen LogP contribution is 2.35. The Labute approximate surface area is 160 Å². The summed E-state index contributed by atoms with van der Waals surface area (Å²) in [6.45, 7) is 5.16. The molecule has 2 aliphatic rings. The van der Waals surface area contributed by atoms with Gasteiger partial charge in [-0.15, -0.1) is 0 Å².